The highest BCUT2D eigenvalue weighted by atomic mass is 79.9. The molecule has 4 nitrogen and oxygen atoms in total. The number of nitrogens with zero attached hydrogens (tertiary/aromatic N) is 1. The first-order valence-electron chi connectivity index (χ1n) is 5.89. The Morgan fingerprint density at radius 2 is 2.15 bits per heavy atom. The van der Waals surface area contributed by atoms with Crippen molar-refractivity contribution in [1.29, 1.82) is 0 Å². The van der Waals surface area contributed by atoms with E-state index >= 15 is 0 Å². The topological polar surface area (TPSA) is 60.2 Å². The van der Waals surface area contributed by atoms with Crippen molar-refractivity contribution in [2.75, 3.05) is 12.4 Å². The molecule has 2 aromatic rings. The predicted octanol–water partition coefficient (Wildman–Crippen LogP) is 3.54. The van der Waals surface area contributed by atoms with Crippen LogP contribution in [0.2, 0.25) is 0 Å². The molecule has 1 aromatic heterocycles. The molecule has 0 fully saturated rings. The van der Waals surface area contributed by atoms with Crippen LogP contribution < -0.4 is 15.8 Å². The van der Waals surface area contributed by atoms with Crippen LogP contribution in [0.25, 0.3) is 0 Å². The first kappa shape index (κ1) is 14.7. The highest BCUT2D eigenvalue weighted by molar-refractivity contribution is 9.10. The summed E-state index contributed by atoms with van der Waals surface area (Å²) < 4.78 is 6.06. The van der Waals surface area contributed by atoms with E-state index in [0.29, 0.717) is 10.8 Å². The van der Waals surface area contributed by atoms with Gasteiger partial charge in [0.05, 0.1) is 17.1 Å². The van der Waals surface area contributed by atoms with E-state index < -0.39 is 0 Å². The molecule has 2 rings (SSSR count). The summed E-state index contributed by atoms with van der Waals surface area (Å²) in [5.74, 6) is 1.41. The fourth-order valence-corrected chi connectivity index (χ4v) is 2.64. The van der Waals surface area contributed by atoms with Crippen LogP contribution in [0.3, 0.4) is 0 Å². The van der Waals surface area contributed by atoms with E-state index in [1.54, 1.807) is 13.3 Å². The first-order valence-corrected chi connectivity index (χ1v) is 7.09. The number of ether oxygens (including phenoxy) is 1. The second-order valence-corrected chi connectivity index (χ2v) is 5.48. The van der Waals surface area contributed by atoms with Crippen molar-refractivity contribution < 1.29 is 4.74 Å². The smallest absolute Gasteiger partial charge is 0.140 e. The number of rotatable bonds is 4. The maximum Gasteiger partial charge on any atom is 0.140 e. The van der Waals surface area contributed by atoms with Crippen molar-refractivity contribution in [2.45, 2.75) is 6.92 Å². The van der Waals surface area contributed by atoms with Gasteiger partial charge in [0.15, 0.2) is 0 Å². The number of anilines is 2. The molecule has 0 aliphatic rings. The minimum absolute atomic E-state index is 0.325. The standard InChI is InChI=1S/C14H14BrN3OS/c1-8-5-6-17-14(12(8)13(16)20)18-9-3-4-11(19-2)10(15)7-9/h3-7H,1-2H3,(H2,16,20)(H,17,18). The van der Waals surface area contributed by atoms with Crippen molar-refractivity contribution >= 4 is 44.6 Å². The van der Waals surface area contributed by atoms with Crippen LogP contribution in [0.5, 0.6) is 5.75 Å². The van der Waals surface area contributed by atoms with E-state index in [0.717, 1.165) is 27.0 Å². The Morgan fingerprint density at radius 1 is 1.40 bits per heavy atom. The molecule has 0 spiro atoms. The lowest BCUT2D eigenvalue weighted by atomic mass is 10.1. The van der Waals surface area contributed by atoms with Gasteiger partial charge in [-0.1, -0.05) is 12.2 Å². The molecule has 1 heterocycles. The third-order valence-electron chi connectivity index (χ3n) is 2.82. The fraction of sp³-hybridized carbons (Fsp3) is 0.143. The number of hydrogen-bond acceptors (Lipinski definition) is 4. The molecule has 20 heavy (non-hydrogen) atoms. The maximum absolute atomic E-state index is 5.77. The normalized spacial score (nSPS) is 10.2. The summed E-state index contributed by atoms with van der Waals surface area (Å²) in [6, 6.07) is 7.55. The number of benzene rings is 1. The van der Waals surface area contributed by atoms with Crippen LogP contribution in [-0.4, -0.2) is 17.1 Å². The molecular formula is C14H14BrN3OS. The van der Waals surface area contributed by atoms with Gasteiger partial charge in [-0.3, -0.25) is 0 Å². The van der Waals surface area contributed by atoms with Crippen molar-refractivity contribution in [3.8, 4) is 5.75 Å². The molecule has 0 amide bonds. The van der Waals surface area contributed by atoms with Gasteiger partial charge in [-0.25, -0.2) is 4.98 Å². The van der Waals surface area contributed by atoms with Gasteiger partial charge in [0.1, 0.15) is 16.6 Å². The van der Waals surface area contributed by atoms with Crippen LogP contribution in [0, 0.1) is 6.92 Å². The number of pyridine rings is 1. The third-order valence-corrected chi connectivity index (χ3v) is 3.64. The van der Waals surface area contributed by atoms with Crippen LogP contribution >= 0.6 is 28.1 Å². The van der Waals surface area contributed by atoms with Crippen molar-refractivity contribution in [2.24, 2.45) is 5.73 Å². The Balaban J connectivity index is 2.38. The van der Waals surface area contributed by atoms with Crippen LogP contribution in [0.4, 0.5) is 11.5 Å². The van der Waals surface area contributed by atoms with E-state index in [1.165, 1.54) is 0 Å². The van der Waals surface area contributed by atoms with Gasteiger partial charge in [-0.2, -0.15) is 0 Å². The second kappa shape index (κ2) is 6.19. The molecule has 3 N–H and O–H groups in total. The lowest BCUT2D eigenvalue weighted by molar-refractivity contribution is 0.412. The highest BCUT2D eigenvalue weighted by Crippen LogP contribution is 2.29. The lowest BCUT2D eigenvalue weighted by Gasteiger charge is -2.13. The number of halogens is 1. The molecule has 0 bridgehead atoms. The number of aryl methyl sites for hydroxylation is 1. The largest absolute Gasteiger partial charge is 0.496 e. The van der Waals surface area contributed by atoms with Gasteiger partial charge in [0, 0.05) is 11.9 Å². The second-order valence-electron chi connectivity index (χ2n) is 4.19. The van der Waals surface area contributed by atoms with E-state index in [9.17, 15) is 0 Å². The lowest BCUT2D eigenvalue weighted by Crippen LogP contribution is -2.14. The molecule has 1 aromatic carbocycles. The fourth-order valence-electron chi connectivity index (χ4n) is 1.84. The zero-order chi connectivity index (χ0) is 14.7. The van der Waals surface area contributed by atoms with Crippen LogP contribution in [-0.2, 0) is 0 Å². The molecular weight excluding hydrogens is 338 g/mol. The molecule has 0 atom stereocenters. The number of aromatic nitrogens is 1. The predicted molar refractivity (Wildman–Crippen MR) is 88.8 cm³/mol. The third kappa shape index (κ3) is 3.08. The van der Waals surface area contributed by atoms with Gasteiger partial charge in [0.2, 0.25) is 0 Å². The zero-order valence-electron chi connectivity index (χ0n) is 11.1. The molecule has 0 unspecified atom stereocenters. The number of methoxy groups -OCH3 is 1. The molecule has 0 saturated heterocycles. The quantitative estimate of drug-likeness (QED) is 0.825. The number of hydrogen-bond donors (Lipinski definition) is 2. The minimum Gasteiger partial charge on any atom is -0.496 e. The van der Waals surface area contributed by atoms with Crippen molar-refractivity contribution in [3.05, 3.63) is 46.1 Å². The summed E-state index contributed by atoms with van der Waals surface area (Å²) in [7, 11) is 1.63. The minimum atomic E-state index is 0.325. The summed E-state index contributed by atoms with van der Waals surface area (Å²) in [6.45, 7) is 1.95. The van der Waals surface area contributed by atoms with Crippen molar-refractivity contribution in [3.63, 3.8) is 0 Å². The van der Waals surface area contributed by atoms with Crippen molar-refractivity contribution in [1.82, 2.24) is 4.98 Å². The average Bonchev–Trinajstić information content (AvgIpc) is 2.38. The Kier molecular flexibility index (Phi) is 4.57. The van der Waals surface area contributed by atoms with Crippen LogP contribution in [0.1, 0.15) is 11.1 Å². The monoisotopic (exact) mass is 351 g/mol. The Labute approximate surface area is 131 Å². The van der Waals surface area contributed by atoms with Gasteiger partial charge in [-0.15, -0.1) is 0 Å². The van der Waals surface area contributed by atoms with Gasteiger partial charge in [0.25, 0.3) is 0 Å². The first-order chi connectivity index (χ1) is 9.52. The molecule has 0 aliphatic heterocycles. The number of nitrogens with two attached hydrogens (primary N) is 1. The SMILES string of the molecule is COc1ccc(Nc2nccc(C)c2C(N)=S)cc1Br. The number of thiocarbonyl (C=S) groups is 1. The maximum atomic E-state index is 5.77. The molecule has 0 aliphatic carbocycles. The Bertz CT molecular complexity index is 661. The number of nitrogens with one attached hydrogen (secondary N) is 1. The van der Waals surface area contributed by atoms with Gasteiger partial charge < -0.3 is 15.8 Å². The van der Waals surface area contributed by atoms with E-state index in [-0.39, 0.29) is 0 Å². The summed E-state index contributed by atoms with van der Waals surface area (Å²) in [6.07, 6.45) is 1.72. The zero-order valence-corrected chi connectivity index (χ0v) is 13.5. The Morgan fingerprint density at radius 3 is 2.75 bits per heavy atom. The van der Waals surface area contributed by atoms with Gasteiger partial charge in [-0.05, 0) is 52.7 Å². The van der Waals surface area contributed by atoms with E-state index in [4.69, 9.17) is 22.7 Å². The summed E-state index contributed by atoms with van der Waals surface area (Å²) in [5.41, 5.74) is 8.38. The Hall–Kier alpha value is -1.66. The molecule has 0 saturated carbocycles. The van der Waals surface area contributed by atoms with Gasteiger partial charge >= 0.3 is 0 Å². The summed E-state index contributed by atoms with van der Waals surface area (Å²) in [4.78, 5) is 4.63. The van der Waals surface area contributed by atoms with Crippen LogP contribution in [0.15, 0.2) is 34.9 Å². The van der Waals surface area contributed by atoms with E-state index in [1.807, 2.05) is 31.2 Å². The molecule has 6 heteroatoms. The highest BCUT2D eigenvalue weighted by Gasteiger charge is 2.10. The van der Waals surface area contributed by atoms with E-state index in [2.05, 4.69) is 26.2 Å². The summed E-state index contributed by atoms with van der Waals surface area (Å²) in [5, 5.41) is 3.22. The molecule has 0 radical (unpaired) electrons. The average molecular weight is 352 g/mol. The summed E-state index contributed by atoms with van der Waals surface area (Å²) >= 11 is 8.53. The molecule has 104 valence electrons.